The van der Waals surface area contributed by atoms with Gasteiger partial charge in [-0.2, -0.15) is 0 Å². The molecule has 0 aromatic heterocycles. The van der Waals surface area contributed by atoms with Crippen molar-refractivity contribution in [3.63, 3.8) is 0 Å². The van der Waals surface area contributed by atoms with Crippen molar-refractivity contribution in [2.24, 2.45) is 11.8 Å². The number of hydrogen-bond acceptors (Lipinski definition) is 3. The van der Waals surface area contributed by atoms with Crippen LogP contribution in [0.25, 0.3) is 0 Å². The first-order valence-corrected chi connectivity index (χ1v) is 10.1. The summed E-state index contributed by atoms with van der Waals surface area (Å²) in [7, 11) is 3.99. The first-order chi connectivity index (χ1) is 13.3. The lowest BCUT2D eigenvalue weighted by atomic mass is 9.72. The number of carbonyl (C=O) groups is 2. The van der Waals surface area contributed by atoms with Crippen molar-refractivity contribution >= 4 is 11.8 Å². The van der Waals surface area contributed by atoms with E-state index in [-0.39, 0.29) is 41.3 Å². The van der Waals surface area contributed by atoms with Crippen molar-refractivity contribution in [1.82, 2.24) is 14.7 Å². The van der Waals surface area contributed by atoms with Crippen LogP contribution in [-0.4, -0.2) is 72.3 Å². The van der Waals surface area contributed by atoms with E-state index in [1.54, 1.807) is 4.90 Å². The van der Waals surface area contributed by atoms with Crippen molar-refractivity contribution in [2.45, 2.75) is 37.8 Å². The van der Waals surface area contributed by atoms with Gasteiger partial charge >= 0.3 is 0 Å². The molecule has 0 saturated carbocycles. The van der Waals surface area contributed by atoms with Gasteiger partial charge in [0.05, 0.1) is 5.56 Å². The molecule has 0 aliphatic carbocycles. The number of rotatable bonds is 3. The van der Waals surface area contributed by atoms with Gasteiger partial charge in [-0.05, 0) is 57.3 Å². The number of amides is 2. The normalized spacial score (nSPS) is 29.8. The number of benzene rings is 1. The van der Waals surface area contributed by atoms with Crippen LogP contribution in [0.5, 0.6) is 0 Å². The van der Waals surface area contributed by atoms with Gasteiger partial charge in [0.1, 0.15) is 11.6 Å². The number of piperidine rings is 3. The molecule has 4 rings (SSSR count). The Balaban J connectivity index is 1.61. The highest BCUT2D eigenvalue weighted by atomic mass is 19.1. The molecule has 7 heteroatoms. The van der Waals surface area contributed by atoms with Crippen LogP contribution in [0.15, 0.2) is 18.2 Å². The molecule has 3 aliphatic heterocycles. The third-order valence-electron chi connectivity index (χ3n) is 6.50. The average molecular weight is 391 g/mol. The molecule has 3 heterocycles. The van der Waals surface area contributed by atoms with Crippen LogP contribution >= 0.6 is 0 Å². The average Bonchev–Trinajstić information content (AvgIpc) is 2.64. The summed E-state index contributed by atoms with van der Waals surface area (Å²) in [6, 6.07) is 3.32. The molecular weight excluding hydrogens is 364 g/mol. The highest BCUT2D eigenvalue weighted by molar-refractivity contribution is 5.94. The van der Waals surface area contributed by atoms with Gasteiger partial charge in [0.25, 0.3) is 5.91 Å². The molecule has 2 bridgehead atoms. The number of fused-ring (bicyclic) bond motifs is 4. The molecule has 2 amide bonds. The molecule has 0 spiro atoms. The Morgan fingerprint density at radius 1 is 1.21 bits per heavy atom. The molecule has 0 N–H and O–H groups in total. The van der Waals surface area contributed by atoms with Gasteiger partial charge in [0, 0.05) is 44.2 Å². The second-order valence-electron chi connectivity index (χ2n) is 8.68. The van der Waals surface area contributed by atoms with Gasteiger partial charge in [-0.25, -0.2) is 8.78 Å². The standard InChI is InChI=1S/C21H27F2N3O2/c1-24(2)12-19-14-8-13(18-4-3-5-20(27)26(18)19)10-25(11-14)21(28)16-7-6-15(22)9-17(16)23/h6-7,9,13-14,18-19H,3-5,8,10-12H2,1-2H3/t13-,14+,18+,19+/m1/s1. The summed E-state index contributed by atoms with van der Waals surface area (Å²) in [5, 5.41) is 0. The van der Waals surface area contributed by atoms with E-state index >= 15 is 0 Å². The van der Waals surface area contributed by atoms with E-state index < -0.39 is 11.6 Å². The predicted molar refractivity (Wildman–Crippen MR) is 101 cm³/mol. The zero-order valence-corrected chi connectivity index (χ0v) is 16.4. The Morgan fingerprint density at radius 3 is 2.68 bits per heavy atom. The molecule has 0 unspecified atom stereocenters. The smallest absolute Gasteiger partial charge is 0.256 e. The number of halogens is 2. The van der Waals surface area contributed by atoms with Crippen LogP contribution in [0.4, 0.5) is 8.78 Å². The first-order valence-electron chi connectivity index (χ1n) is 10.1. The van der Waals surface area contributed by atoms with Gasteiger partial charge in [-0.15, -0.1) is 0 Å². The Bertz CT molecular complexity index is 785. The van der Waals surface area contributed by atoms with E-state index in [0.29, 0.717) is 19.5 Å². The molecule has 3 fully saturated rings. The SMILES string of the molecule is CN(C)C[C@H]1[C@H]2C[C@H](CN(C(=O)c3ccc(F)cc3F)C2)[C@@H]2CCCC(=O)N21. The number of carbonyl (C=O) groups excluding carboxylic acids is 2. The van der Waals surface area contributed by atoms with Crippen molar-refractivity contribution < 1.29 is 18.4 Å². The van der Waals surface area contributed by atoms with Crippen LogP contribution in [0.3, 0.4) is 0 Å². The van der Waals surface area contributed by atoms with E-state index in [4.69, 9.17) is 0 Å². The molecule has 28 heavy (non-hydrogen) atoms. The highest BCUT2D eigenvalue weighted by Gasteiger charge is 2.50. The molecule has 5 nitrogen and oxygen atoms in total. The Labute approximate surface area is 164 Å². The zero-order chi connectivity index (χ0) is 20.0. The lowest BCUT2D eigenvalue weighted by Crippen LogP contribution is -2.67. The maximum atomic E-state index is 14.2. The third kappa shape index (κ3) is 3.41. The molecule has 4 atom stereocenters. The topological polar surface area (TPSA) is 43.9 Å². The van der Waals surface area contributed by atoms with Crippen LogP contribution in [-0.2, 0) is 4.79 Å². The third-order valence-corrected chi connectivity index (χ3v) is 6.50. The van der Waals surface area contributed by atoms with Gasteiger partial charge in [0.2, 0.25) is 5.91 Å². The van der Waals surface area contributed by atoms with E-state index in [2.05, 4.69) is 9.80 Å². The monoisotopic (exact) mass is 391 g/mol. The zero-order valence-electron chi connectivity index (χ0n) is 16.4. The minimum atomic E-state index is -0.819. The quantitative estimate of drug-likeness (QED) is 0.795. The Kier molecular flexibility index (Phi) is 5.12. The highest BCUT2D eigenvalue weighted by Crippen LogP contribution is 2.42. The van der Waals surface area contributed by atoms with Crippen molar-refractivity contribution in [3.05, 3.63) is 35.4 Å². The summed E-state index contributed by atoms with van der Waals surface area (Å²) >= 11 is 0. The maximum absolute atomic E-state index is 14.2. The fourth-order valence-corrected chi connectivity index (χ4v) is 5.38. The van der Waals surface area contributed by atoms with Crippen molar-refractivity contribution in [2.75, 3.05) is 33.7 Å². The molecule has 3 aliphatic rings. The van der Waals surface area contributed by atoms with E-state index in [1.807, 2.05) is 14.1 Å². The molecule has 3 saturated heterocycles. The van der Waals surface area contributed by atoms with E-state index in [9.17, 15) is 18.4 Å². The maximum Gasteiger partial charge on any atom is 0.256 e. The number of likely N-dealkylation sites (N-methyl/N-ethyl adjacent to an activating group) is 1. The largest absolute Gasteiger partial charge is 0.338 e. The summed E-state index contributed by atoms with van der Waals surface area (Å²) in [5.41, 5.74) is -0.0814. The molecule has 0 radical (unpaired) electrons. The van der Waals surface area contributed by atoms with Gasteiger partial charge in [0.15, 0.2) is 0 Å². The predicted octanol–water partition coefficient (Wildman–Crippen LogP) is 2.37. The number of likely N-dealkylation sites (tertiary alicyclic amines) is 1. The second kappa shape index (κ2) is 7.43. The van der Waals surface area contributed by atoms with Crippen molar-refractivity contribution in [3.8, 4) is 0 Å². The number of hydrogen-bond donors (Lipinski definition) is 0. The summed E-state index contributed by atoms with van der Waals surface area (Å²) < 4.78 is 27.4. The summed E-state index contributed by atoms with van der Waals surface area (Å²) in [6.45, 7) is 1.78. The van der Waals surface area contributed by atoms with E-state index in [0.717, 1.165) is 37.9 Å². The van der Waals surface area contributed by atoms with Crippen LogP contribution in [0.2, 0.25) is 0 Å². The minimum absolute atomic E-state index is 0.0673. The second-order valence-corrected chi connectivity index (χ2v) is 8.68. The van der Waals surface area contributed by atoms with Gasteiger partial charge < -0.3 is 14.7 Å². The van der Waals surface area contributed by atoms with Crippen LogP contribution in [0.1, 0.15) is 36.0 Å². The molecule has 1 aromatic rings. The molecular formula is C21H27F2N3O2. The fourth-order valence-electron chi connectivity index (χ4n) is 5.38. The minimum Gasteiger partial charge on any atom is -0.338 e. The lowest BCUT2D eigenvalue weighted by Gasteiger charge is -2.57. The van der Waals surface area contributed by atoms with Crippen molar-refractivity contribution in [1.29, 1.82) is 0 Å². The first kappa shape index (κ1) is 19.3. The van der Waals surface area contributed by atoms with Gasteiger partial charge in [-0.3, -0.25) is 9.59 Å². The Morgan fingerprint density at radius 2 is 1.96 bits per heavy atom. The molecule has 152 valence electrons. The summed E-state index contributed by atoms with van der Waals surface area (Å²) in [6.07, 6.45) is 3.43. The van der Waals surface area contributed by atoms with E-state index in [1.165, 1.54) is 6.07 Å². The summed E-state index contributed by atoms with van der Waals surface area (Å²) in [4.78, 5) is 31.6. The fraction of sp³-hybridized carbons (Fsp3) is 0.619. The van der Waals surface area contributed by atoms with Crippen LogP contribution in [0, 0.1) is 23.5 Å². The van der Waals surface area contributed by atoms with Crippen LogP contribution < -0.4 is 0 Å². The Hall–Kier alpha value is -2.02. The lowest BCUT2D eigenvalue weighted by molar-refractivity contribution is -0.152. The number of nitrogens with zero attached hydrogens (tertiary/aromatic N) is 3. The summed E-state index contributed by atoms with van der Waals surface area (Å²) in [5.74, 6) is -1.28. The molecule has 1 aromatic carbocycles. The van der Waals surface area contributed by atoms with Gasteiger partial charge in [-0.1, -0.05) is 0 Å².